The third-order valence-electron chi connectivity index (χ3n) is 4.72. The quantitative estimate of drug-likeness (QED) is 0.369. The van der Waals surface area contributed by atoms with Crippen LogP contribution in [0.1, 0.15) is 11.1 Å². The smallest absolute Gasteiger partial charge is 0.303 e. The molecule has 2 aromatic heterocycles. The fourth-order valence-electron chi connectivity index (χ4n) is 3.14. The van der Waals surface area contributed by atoms with Crippen LogP contribution in [0.3, 0.4) is 0 Å². The van der Waals surface area contributed by atoms with Gasteiger partial charge >= 0.3 is 5.69 Å². The third-order valence-corrected chi connectivity index (χ3v) is 4.97. The Morgan fingerprint density at radius 2 is 1.87 bits per heavy atom. The first-order valence-electron chi connectivity index (χ1n) is 9.31. The average Bonchev–Trinajstić information content (AvgIpc) is 3.12. The van der Waals surface area contributed by atoms with Crippen LogP contribution in [0.25, 0.3) is 11.2 Å². The van der Waals surface area contributed by atoms with E-state index in [0.29, 0.717) is 35.1 Å². The van der Waals surface area contributed by atoms with E-state index in [1.807, 2.05) is 42.5 Å². The van der Waals surface area contributed by atoms with Crippen molar-refractivity contribution in [1.29, 1.82) is 0 Å². The zero-order chi connectivity index (χ0) is 21.1. The Kier molecular flexibility index (Phi) is 5.49. The van der Waals surface area contributed by atoms with Gasteiger partial charge in [-0.2, -0.15) is 10.1 Å². The van der Waals surface area contributed by atoms with E-state index >= 15 is 0 Å². The number of anilines is 1. The number of nitrogens with one attached hydrogen (secondary N) is 2. The fourth-order valence-corrected chi connectivity index (χ4v) is 3.26. The summed E-state index contributed by atoms with van der Waals surface area (Å²) in [4.78, 5) is 31.3. The number of fused-ring (bicyclic) bond motifs is 1. The SMILES string of the molecule is Cn1c(=O)[nH]c(=O)c2c1nc(N/N=C\c1ccc(Cl)cc1)n2CCc1ccccc1. The van der Waals surface area contributed by atoms with E-state index in [-0.39, 0.29) is 0 Å². The van der Waals surface area contributed by atoms with Crippen molar-refractivity contribution in [1.82, 2.24) is 19.1 Å². The lowest BCUT2D eigenvalue weighted by Gasteiger charge is -2.08. The van der Waals surface area contributed by atoms with Crippen LogP contribution in [0.5, 0.6) is 0 Å². The molecule has 0 aliphatic heterocycles. The van der Waals surface area contributed by atoms with Crippen molar-refractivity contribution in [3.63, 3.8) is 0 Å². The van der Waals surface area contributed by atoms with Crippen LogP contribution >= 0.6 is 11.6 Å². The minimum absolute atomic E-state index is 0.293. The number of hydrazone groups is 1. The summed E-state index contributed by atoms with van der Waals surface area (Å²) >= 11 is 5.90. The second kappa shape index (κ2) is 8.38. The van der Waals surface area contributed by atoms with Gasteiger partial charge in [0.2, 0.25) is 5.95 Å². The van der Waals surface area contributed by atoms with Crippen molar-refractivity contribution in [2.45, 2.75) is 13.0 Å². The highest BCUT2D eigenvalue weighted by molar-refractivity contribution is 6.30. The monoisotopic (exact) mass is 422 g/mol. The molecule has 0 aliphatic rings. The van der Waals surface area contributed by atoms with Gasteiger partial charge < -0.3 is 4.57 Å². The maximum atomic E-state index is 12.5. The number of rotatable bonds is 6. The maximum Gasteiger partial charge on any atom is 0.329 e. The zero-order valence-electron chi connectivity index (χ0n) is 16.2. The summed E-state index contributed by atoms with van der Waals surface area (Å²) in [7, 11) is 1.57. The number of aromatic nitrogens is 4. The summed E-state index contributed by atoms with van der Waals surface area (Å²) in [6.45, 7) is 0.487. The second-order valence-corrected chi connectivity index (χ2v) is 7.17. The fraction of sp³-hybridized carbons (Fsp3) is 0.143. The minimum Gasteiger partial charge on any atom is -0.303 e. The number of hydrogen-bond acceptors (Lipinski definition) is 5. The zero-order valence-corrected chi connectivity index (χ0v) is 16.9. The number of benzene rings is 2. The molecule has 4 aromatic rings. The van der Waals surface area contributed by atoms with Gasteiger partial charge in [0.25, 0.3) is 5.56 Å². The second-order valence-electron chi connectivity index (χ2n) is 6.73. The first kappa shape index (κ1) is 19.7. The molecule has 0 fully saturated rings. The van der Waals surface area contributed by atoms with Gasteiger partial charge in [0.15, 0.2) is 11.2 Å². The molecule has 0 spiro atoms. The Morgan fingerprint density at radius 3 is 2.60 bits per heavy atom. The van der Waals surface area contributed by atoms with Crippen LogP contribution < -0.4 is 16.7 Å². The Bertz CT molecular complexity index is 1320. The van der Waals surface area contributed by atoms with Gasteiger partial charge in [-0.05, 0) is 29.7 Å². The van der Waals surface area contributed by atoms with Crippen LogP contribution in [0.4, 0.5) is 5.95 Å². The average molecular weight is 423 g/mol. The minimum atomic E-state index is -0.517. The molecule has 2 aromatic carbocycles. The Morgan fingerprint density at radius 1 is 1.13 bits per heavy atom. The molecule has 0 unspecified atom stereocenters. The molecule has 0 atom stereocenters. The van der Waals surface area contributed by atoms with Crippen molar-refractivity contribution in [3.8, 4) is 0 Å². The number of nitrogens with zero attached hydrogens (tertiary/aromatic N) is 4. The first-order valence-corrected chi connectivity index (χ1v) is 9.69. The lowest BCUT2D eigenvalue weighted by Crippen LogP contribution is -2.29. The summed E-state index contributed by atoms with van der Waals surface area (Å²) in [5.74, 6) is 0.373. The Hall–Kier alpha value is -3.65. The molecule has 2 N–H and O–H groups in total. The van der Waals surface area contributed by atoms with E-state index < -0.39 is 11.2 Å². The highest BCUT2D eigenvalue weighted by Crippen LogP contribution is 2.17. The molecule has 0 saturated carbocycles. The van der Waals surface area contributed by atoms with Gasteiger partial charge in [-0.3, -0.25) is 14.3 Å². The molecule has 9 heteroatoms. The number of aryl methyl sites for hydroxylation is 3. The molecule has 0 amide bonds. The van der Waals surface area contributed by atoms with Gasteiger partial charge in [0.05, 0.1) is 6.21 Å². The van der Waals surface area contributed by atoms with Crippen molar-refractivity contribution >= 4 is 34.9 Å². The molecule has 4 rings (SSSR count). The lowest BCUT2D eigenvalue weighted by atomic mass is 10.1. The van der Waals surface area contributed by atoms with Crippen molar-refractivity contribution in [2.24, 2.45) is 12.1 Å². The predicted molar refractivity (Wildman–Crippen MR) is 118 cm³/mol. The van der Waals surface area contributed by atoms with E-state index in [1.165, 1.54) is 4.57 Å². The summed E-state index contributed by atoms with van der Waals surface area (Å²) in [6.07, 6.45) is 2.31. The molecule has 0 radical (unpaired) electrons. The van der Waals surface area contributed by atoms with Gasteiger partial charge in [-0.15, -0.1) is 0 Å². The van der Waals surface area contributed by atoms with Crippen molar-refractivity contribution < 1.29 is 0 Å². The van der Waals surface area contributed by atoms with Crippen LogP contribution in [0.15, 0.2) is 69.3 Å². The standard InChI is InChI=1S/C21H19ClN6O2/c1-27-18-17(19(29)25-21(27)30)28(12-11-14-5-3-2-4-6-14)20(24-18)26-23-13-15-7-9-16(22)10-8-15/h2-10,13H,11-12H2,1H3,(H,24,26)(H,25,29,30)/b23-13-. The molecular formula is C21H19ClN6O2. The van der Waals surface area contributed by atoms with Crippen molar-refractivity contribution in [2.75, 3.05) is 5.43 Å². The van der Waals surface area contributed by atoms with Gasteiger partial charge in [-0.1, -0.05) is 54.1 Å². The Labute approximate surface area is 176 Å². The molecular weight excluding hydrogens is 404 g/mol. The molecule has 0 bridgehead atoms. The molecule has 0 saturated heterocycles. The lowest BCUT2D eigenvalue weighted by molar-refractivity contribution is 0.716. The maximum absolute atomic E-state index is 12.5. The predicted octanol–water partition coefficient (Wildman–Crippen LogP) is 2.77. The van der Waals surface area contributed by atoms with Crippen LogP contribution in [0, 0.1) is 0 Å². The number of imidazole rings is 1. The molecule has 2 heterocycles. The molecule has 152 valence electrons. The summed E-state index contributed by atoms with van der Waals surface area (Å²) in [5.41, 5.74) is 4.48. The van der Waals surface area contributed by atoms with E-state index in [2.05, 4.69) is 20.5 Å². The summed E-state index contributed by atoms with van der Waals surface area (Å²) in [5, 5.41) is 4.87. The highest BCUT2D eigenvalue weighted by atomic mass is 35.5. The molecule has 30 heavy (non-hydrogen) atoms. The number of halogens is 1. The molecule has 0 aliphatic carbocycles. The van der Waals surface area contributed by atoms with Gasteiger partial charge in [0.1, 0.15) is 0 Å². The normalized spacial score (nSPS) is 11.4. The molecule has 8 nitrogen and oxygen atoms in total. The number of aromatic amines is 1. The van der Waals surface area contributed by atoms with Crippen LogP contribution in [-0.4, -0.2) is 25.3 Å². The first-order chi connectivity index (χ1) is 14.5. The topological polar surface area (TPSA) is 97.1 Å². The van der Waals surface area contributed by atoms with Gasteiger partial charge in [0, 0.05) is 18.6 Å². The third kappa shape index (κ3) is 4.04. The largest absolute Gasteiger partial charge is 0.329 e. The van der Waals surface area contributed by atoms with Crippen LogP contribution in [0.2, 0.25) is 5.02 Å². The summed E-state index contributed by atoms with van der Waals surface area (Å²) in [6, 6.07) is 17.1. The number of hydrogen-bond donors (Lipinski definition) is 2. The van der Waals surface area contributed by atoms with Gasteiger partial charge in [-0.25, -0.2) is 10.2 Å². The van der Waals surface area contributed by atoms with E-state index in [9.17, 15) is 9.59 Å². The van der Waals surface area contributed by atoms with Crippen LogP contribution in [-0.2, 0) is 20.0 Å². The van der Waals surface area contributed by atoms with E-state index in [0.717, 1.165) is 11.1 Å². The number of H-pyrrole nitrogens is 1. The van der Waals surface area contributed by atoms with E-state index in [1.54, 1.807) is 30.0 Å². The highest BCUT2D eigenvalue weighted by Gasteiger charge is 2.17. The van der Waals surface area contributed by atoms with E-state index in [4.69, 9.17) is 11.6 Å². The summed E-state index contributed by atoms with van der Waals surface area (Å²) < 4.78 is 3.05. The Balaban J connectivity index is 1.70. The van der Waals surface area contributed by atoms with Crippen molar-refractivity contribution in [3.05, 3.63) is 91.6 Å².